The van der Waals surface area contributed by atoms with Crippen LogP contribution in [0.1, 0.15) is 11.1 Å². The molecule has 13 aromatic carbocycles. The number of aryl methyl sites for hydroxylation is 2. The summed E-state index contributed by atoms with van der Waals surface area (Å²) in [6.07, 6.45) is 0. The van der Waals surface area contributed by atoms with Crippen molar-refractivity contribution in [3.63, 3.8) is 0 Å². The van der Waals surface area contributed by atoms with Gasteiger partial charge in [0.05, 0.1) is 11.4 Å². The molecule has 13 aromatic rings. The molecule has 0 radical (unpaired) electrons. The van der Waals surface area contributed by atoms with Gasteiger partial charge in [-0.05, 0) is 141 Å². The topological polar surface area (TPSA) is 3.24 Å². The van der Waals surface area contributed by atoms with E-state index in [1.807, 2.05) is 0 Å². The van der Waals surface area contributed by atoms with Crippen LogP contribution in [0.2, 0.25) is 0 Å². The number of benzene rings is 13. The van der Waals surface area contributed by atoms with Gasteiger partial charge in [-0.1, -0.05) is 194 Å². The zero-order valence-corrected chi connectivity index (χ0v) is 35.2. The Kier molecular flexibility index (Phi) is 7.80. The van der Waals surface area contributed by atoms with Crippen molar-refractivity contribution in [2.75, 3.05) is 4.90 Å². The zero-order chi connectivity index (χ0) is 41.8. The quantitative estimate of drug-likeness (QED) is 0.124. The van der Waals surface area contributed by atoms with Crippen molar-refractivity contribution in [3.8, 4) is 22.3 Å². The van der Waals surface area contributed by atoms with Crippen LogP contribution in [0, 0.1) is 13.8 Å². The fourth-order valence-electron chi connectivity index (χ4n) is 11.1. The second kappa shape index (κ2) is 13.8. The van der Waals surface area contributed by atoms with E-state index in [1.165, 1.54) is 137 Å². The van der Waals surface area contributed by atoms with Crippen molar-refractivity contribution in [2.45, 2.75) is 13.8 Å². The first-order chi connectivity index (χ1) is 31.1. The van der Waals surface area contributed by atoms with E-state index >= 15 is 0 Å². The maximum atomic E-state index is 2.52. The summed E-state index contributed by atoms with van der Waals surface area (Å²) in [5.41, 5.74) is 11.2. The largest absolute Gasteiger partial charge is 0.309 e. The fraction of sp³-hybridized carbons (Fsp3) is 0.0323. The average molecular weight is 800 g/mol. The Balaban J connectivity index is 1.03. The molecule has 1 heteroatoms. The number of anilines is 3. The number of hydrogen-bond donors (Lipinski definition) is 0. The lowest BCUT2D eigenvalue weighted by molar-refractivity contribution is 1.29. The molecule has 0 heterocycles. The van der Waals surface area contributed by atoms with Gasteiger partial charge in [0.15, 0.2) is 0 Å². The van der Waals surface area contributed by atoms with Gasteiger partial charge in [0.1, 0.15) is 0 Å². The summed E-state index contributed by atoms with van der Waals surface area (Å²) in [7, 11) is 0. The van der Waals surface area contributed by atoms with Crippen molar-refractivity contribution in [1.82, 2.24) is 0 Å². The Hall–Kier alpha value is -8.00. The number of hydrogen-bond acceptors (Lipinski definition) is 1. The van der Waals surface area contributed by atoms with Gasteiger partial charge in [0, 0.05) is 16.5 Å². The highest BCUT2D eigenvalue weighted by Crippen LogP contribution is 2.49. The van der Waals surface area contributed by atoms with Crippen molar-refractivity contribution in [2.24, 2.45) is 0 Å². The monoisotopic (exact) mass is 799 g/mol. The third-order valence-corrected chi connectivity index (χ3v) is 14.0. The standard InChI is InChI=1S/C62H41N/c1-38-45-31-32-46-39(2)56(63(57-25-13-17-40-14-6-7-20-48(40)57)58-36-29-44-27-26-42-18-12-19-43-28-30-55(58)61(44)59(42)43)37-35-50(46)49(45)34-33-47(38)62-53-23-10-8-21-51(53)60(41-15-4-3-5-16-41)52-22-9-11-24-54(52)62/h3-37H,1-2H3. The van der Waals surface area contributed by atoms with Crippen molar-refractivity contribution in [1.29, 1.82) is 0 Å². The normalized spacial score (nSPS) is 12.0. The number of rotatable bonds is 5. The van der Waals surface area contributed by atoms with E-state index in [9.17, 15) is 0 Å². The fourth-order valence-corrected chi connectivity index (χ4v) is 11.1. The first-order valence-electron chi connectivity index (χ1n) is 22.0. The lowest BCUT2D eigenvalue weighted by atomic mass is 9.83. The van der Waals surface area contributed by atoms with Crippen LogP contribution < -0.4 is 4.90 Å². The van der Waals surface area contributed by atoms with Crippen molar-refractivity contribution in [3.05, 3.63) is 223 Å². The summed E-state index contributed by atoms with van der Waals surface area (Å²) in [4.78, 5) is 2.52. The Morgan fingerprint density at radius 3 is 1.43 bits per heavy atom. The van der Waals surface area contributed by atoms with Gasteiger partial charge < -0.3 is 4.90 Å². The molecule has 294 valence electrons. The highest BCUT2D eigenvalue weighted by atomic mass is 15.1. The van der Waals surface area contributed by atoms with E-state index in [-0.39, 0.29) is 0 Å². The smallest absolute Gasteiger partial charge is 0.0541 e. The molecule has 0 aliphatic carbocycles. The summed E-state index contributed by atoms with van der Waals surface area (Å²) < 4.78 is 0. The molecule has 0 saturated carbocycles. The van der Waals surface area contributed by atoms with E-state index in [1.54, 1.807) is 0 Å². The van der Waals surface area contributed by atoms with Crippen LogP contribution in [0.4, 0.5) is 17.1 Å². The van der Waals surface area contributed by atoms with Gasteiger partial charge in [0.2, 0.25) is 0 Å². The minimum absolute atomic E-state index is 1.17. The van der Waals surface area contributed by atoms with E-state index < -0.39 is 0 Å². The first-order valence-corrected chi connectivity index (χ1v) is 22.0. The zero-order valence-electron chi connectivity index (χ0n) is 35.2. The lowest BCUT2D eigenvalue weighted by Crippen LogP contribution is -2.12. The summed E-state index contributed by atoms with van der Waals surface area (Å²) in [5.74, 6) is 0. The van der Waals surface area contributed by atoms with Crippen LogP contribution in [0.25, 0.3) is 108 Å². The second-order valence-electron chi connectivity index (χ2n) is 17.2. The predicted molar refractivity (Wildman–Crippen MR) is 273 cm³/mol. The van der Waals surface area contributed by atoms with E-state index in [0.29, 0.717) is 0 Å². The molecule has 0 aliphatic rings. The maximum Gasteiger partial charge on any atom is 0.0541 e. The molecule has 0 bridgehead atoms. The molecule has 0 saturated heterocycles. The van der Waals surface area contributed by atoms with E-state index in [4.69, 9.17) is 0 Å². The molecular formula is C62H41N. The Morgan fingerprint density at radius 1 is 0.254 bits per heavy atom. The Bertz CT molecular complexity index is 3910. The molecule has 0 unspecified atom stereocenters. The molecule has 0 atom stereocenters. The molecule has 0 fully saturated rings. The summed E-state index contributed by atoms with van der Waals surface area (Å²) in [5, 5.41) is 20.4. The van der Waals surface area contributed by atoms with Gasteiger partial charge in [-0.3, -0.25) is 0 Å². The average Bonchev–Trinajstić information content (AvgIpc) is 3.34. The maximum absolute atomic E-state index is 2.52. The van der Waals surface area contributed by atoms with Crippen LogP contribution in [-0.4, -0.2) is 0 Å². The van der Waals surface area contributed by atoms with Crippen molar-refractivity contribution >= 4 is 103 Å². The molecule has 13 rings (SSSR count). The van der Waals surface area contributed by atoms with Gasteiger partial charge >= 0.3 is 0 Å². The molecule has 0 amide bonds. The number of fused-ring (bicyclic) bond motifs is 6. The van der Waals surface area contributed by atoms with Crippen LogP contribution >= 0.6 is 0 Å². The molecule has 0 N–H and O–H groups in total. The molecule has 1 nitrogen and oxygen atoms in total. The molecule has 63 heavy (non-hydrogen) atoms. The van der Waals surface area contributed by atoms with Crippen LogP contribution in [0.3, 0.4) is 0 Å². The molecule has 0 aromatic heterocycles. The highest BCUT2D eigenvalue weighted by molar-refractivity contribution is 6.27. The molecular weight excluding hydrogens is 759 g/mol. The minimum Gasteiger partial charge on any atom is -0.309 e. The first kappa shape index (κ1) is 35.7. The SMILES string of the molecule is Cc1c(-c2c3ccccc3c(-c3ccccc3)c3ccccc23)ccc2c1ccc1c(C)c(N(c3cccc4ccccc34)c3ccc4ccc5cccc6ccc3c4c56)ccc12. The predicted octanol–water partition coefficient (Wildman–Crippen LogP) is 17.8. The third-order valence-electron chi connectivity index (χ3n) is 14.0. The van der Waals surface area contributed by atoms with Gasteiger partial charge in [-0.2, -0.15) is 0 Å². The highest BCUT2D eigenvalue weighted by Gasteiger charge is 2.24. The van der Waals surface area contributed by atoms with Crippen LogP contribution in [0.5, 0.6) is 0 Å². The van der Waals surface area contributed by atoms with Crippen LogP contribution in [-0.2, 0) is 0 Å². The number of nitrogens with zero attached hydrogens (tertiary/aromatic N) is 1. The second-order valence-corrected chi connectivity index (χ2v) is 17.2. The van der Waals surface area contributed by atoms with Gasteiger partial charge in [0.25, 0.3) is 0 Å². The summed E-state index contributed by atoms with van der Waals surface area (Å²) >= 11 is 0. The minimum atomic E-state index is 1.17. The van der Waals surface area contributed by atoms with Gasteiger partial charge in [-0.25, -0.2) is 0 Å². The molecule has 0 spiro atoms. The molecule has 0 aliphatic heterocycles. The summed E-state index contributed by atoms with van der Waals surface area (Å²) in [6, 6.07) is 79.0. The third kappa shape index (κ3) is 5.24. The lowest BCUT2D eigenvalue weighted by Gasteiger charge is -2.30. The van der Waals surface area contributed by atoms with E-state index in [2.05, 4.69) is 231 Å². The van der Waals surface area contributed by atoms with E-state index in [0.717, 1.165) is 0 Å². The van der Waals surface area contributed by atoms with Crippen molar-refractivity contribution < 1.29 is 0 Å². The Morgan fingerprint density at radius 2 is 0.714 bits per heavy atom. The van der Waals surface area contributed by atoms with Crippen LogP contribution in [0.15, 0.2) is 212 Å². The van der Waals surface area contributed by atoms with Gasteiger partial charge in [-0.15, -0.1) is 0 Å². The summed E-state index contributed by atoms with van der Waals surface area (Å²) in [6.45, 7) is 4.63. The Labute approximate surface area is 366 Å².